The number of carbonyl (C=O) groups excluding carboxylic acids is 2. The summed E-state index contributed by atoms with van der Waals surface area (Å²) < 4.78 is 5.50. The van der Waals surface area contributed by atoms with Crippen LogP contribution in [0.15, 0.2) is 42.5 Å². The maximum atomic E-state index is 12.5. The van der Waals surface area contributed by atoms with Crippen molar-refractivity contribution >= 4 is 22.7 Å². The van der Waals surface area contributed by atoms with Gasteiger partial charge in [0.1, 0.15) is 5.75 Å². The highest BCUT2D eigenvalue weighted by Gasteiger charge is 2.23. The highest BCUT2D eigenvalue weighted by atomic mass is 16.5. The number of rotatable bonds is 8. The van der Waals surface area contributed by atoms with Crippen LogP contribution in [-0.2, 0) is 11.2 Å². The number of benzene rings is 2. The summed E-state index contributed by atoms with van der Waals surface area (Å²) in [5.74, 6) is 0.381. The monoisotopic (exact) mass is 392 g/mol. The molecule has 0 bridgehead atoms. The molecule has 0 unspecified atom stereocenters. The van der Waals surface area contributed by atoms with E-state index < -0.39 is 0 Å². The zero-order chi connectivity index (χ0) is 20.2. The van der Waals surface area contributed by atoms with E-state index >= 15 is 0 Å². The molecule has 0 aliphatic heterocycles. The van der Waals surface area contributed by atoms with Gasteiger partial charge in [-0.2, -0.15) is 5.10 Å². The first-order valence-corrected chi connectivity index (χ1v) is 9.82. The van der Waals surface area contributed by atoms with Gasteiger partial charge in [-0.1, -0.05) is 23.8 Å². The number of ether oxygens (including phenoxy) is 1. The molecule has 0 saturated heterocycles. The second-order valence-electron chi connectivity index (χ2n) is 7.40. The van der Waals surface area contributed by atoms with Gasteiger partial charge in [-0.05, 0) is 56.0 Å². The molecule has 7 nitrogen and oxygen atoms in total. The Morgan fingerprint density at radius 2 is 1.97 bits per heavy atom. The van der Waals surface area contributed by atoms with Gasteiger partial charge in [0.15, 0.2) is 12.3 Å². The average Bonchev–Trinajstić information content (AvgIpc) is 3.43. The van der Waals surface area contributed by atoms with Crippen LogP contribution in [0.25, 0.3) is 10.9 Å². The predicted octanol–water partition coefficient (Wildman–Crippen LogP) is 2.50. The fraction of sp³-hybridized carbons (Fsp3) is 0.318. The summed E-state index contributed by atoms with van der Waals surface area (Å²) in [4.78, 5) is 24.1. The molecule has 2 aromatic carbocycles. The van der Waals surface area contributed by atoms with E-state index in [9.17, 15) is 9.59 Å². The minimum Gasteiger partial charge on any atom is -0.484 e. The number of nitrogens with zero attached hydrogens (tertiary/aromatic N) is 1. The van der Waals surface area contributed by atoms with Crippen LogP contribution in [-0.4, -0.2) is 41.2 Å². The van der Waals surface area contributed by atoms with Gasteiger partial charge in [0.25, 0.3) is 11.8 Å². The third-order valence-corrected chi connectivity index (χ3v) is 4.87. The van der Waals surface area contributed by atoms with Crippen molar-refractivity contribution in [1.29, 1.82) is 0 Å². The molecule has 0 spiro atoms. The Hall–Kier alpha value is -3.35. The number of aromatic amines is 1. The molecule has 150 valence electrons. The Morgan fingerprint density at radius 1 is 1.17 bits per heavy atom. The molecule has 1 aromatic heterocycles. The van der Waals surface area contributed by atoms with Gasteiger partial charge in [-0.25, -0.2) is 0 Å². The zero-order valence-corrected chi connectivity index (χ0v) is 16.3. The lowest BCUT2D eigenvalue weighted by Gasteiger charge is -2.08. The molecule has 1 aliphatic rings. The van der Waals surface area contributed by atoms with E-state index in [0.717, 1.165) is 34.9 Å². The van der Waals surface area contributed by atoms with Crippen LogP contribution in [0.1, 0.15) is 34.5 Å². The molecule has 0 radical (unpaired) electrons. The first-order chi connectivity index (χ1) is 14.1. The highest BCUT2D eigenvalue weighted by Crippen LogP contribution is 2.19. The maximum Gasteiger partial charge on any atom is 0.272 e. The van der Waals surface area contributed by atoms with Gasteiger partial charge < -0.3 is 15.4 Å². The number of H-pyrrole nitrogens is 1. The van der Waals surface area contributed by atoms with Crippen LogP contribution in [0.4, 0.5) is 0 Å². The van der Waals surface area contributed by atoms with E-state index in [1.807, 2.05) is 49.4 Å². The zero-order valence-electron chi connectivity index (χ0n) is 16.3. The van der Waals surface area contributed by atoms with Crippen LogP contribution in [0.3, 0.4) is 0 Å². The van der Waals surface area contributed by atoms with E-state index in [0.29, 0.717) is 30.5 Å². The topological polar surface area (TPSA) is 96.1 Å². The minimum atomic E-state index is -0.191. The van der Waals surface area contributed by atoms with Crippen molar-refractivity contribution in [2.75, 3.05) is 13.2 Å². The third-order valence-electron chi connectivity index (χ3n) is 4.87. The van der Waals surface area contributed by atoms with Crippen molar-refractivity contribution in [3.8, 4) is 5.75 Å². The molecule has 0 atom stereocenters. The molecule has 3 aromatic rings. The van der Waals surface area contributed by atoms with E-state index in [1.165, 1.54) is 0 Å². The summed E-state index contributed by atoms with van der Waals surface area (Å²) in [5, 5.41) is 13.7. The number of hydrogen-bond donors (Lipinski definition) is 3. The molecule has 7 heteroatoms. The summed E-state index contributed by atoms with van der Waals surface area (Å²) in [6, 6.07) is 13.8. The van der Waals surface area contributed by atoms with Crippen molar-refractivity contribution < 1.29 is 14.3 Å². The molecule has 2 amide bonds. The molecular formula is C22H24N4O3. The number of nitrogens with one attached hydrogen (secondary N) is 3. The Morgan fingerprint density at radius 3 is 2.72 bits per heavy atom. The number of amides is 2. The summed E-state index contributed by atoms with van der Waals surface area (Å²) in [6.45, 7) is 2.52. The smallest absolute Gasteiger partial charge is 0.272 e. The number of carbonyl (C=O) groups is 2. The molecule has 1 heterocycles. The third kappa shape index (κ3) is 4.93. The fourth-order valence-electron chi connectivity index (χ4n) is 3.10. The van der Waals surface area contributed by atoms with Crippen molar-refractivity contribution in [2.45, 2.75) is 32.2 Å². The average molecular weight is 392 g/mol. The lowest BCUT2D eigenvalue weighted by molar-refractivity contribution is -0.123. The second-order valence-corrected chi connectivity index (χ2v) is 7.40. The quantitative estimate of drug-likeness (QED) is 0.549. The van der Waals surface area contributed by atoms with Crippen LogP contribution in [0.5, 0.6) is 5.75 Å². The van der Waals surface area contributed by atoms with E-state index in [2.05, 4.69) is 20.8 Å². The molecule has 4 rings (SSSR count). The molecule has 1 fully saturated rings. The molecule has 3 N–H and O–H groups in total. The Kier molecular flexibility index (Phi) is 5.46. The first kappa shape index (κ1) is 19.0. The Bertz CT molecular complexity index is 1020. The van der Waals surface area contributed by atoms with E-state index in [-0.39, 0.29) is 18.4 Å². The van der Waals surface area contributed by atoms with Crippen LogP contribution >= 0.6 is 0 Å². The normalized spacial score (nSPS) is 13.3. The largest absolute Gasteiger partial charge is 0.484 e. The maximum absolute atomic E-state index is 12.5. The van der Waals surface area contributed by atoms with Gasteiger partial charge in [-0.3, -0.25) is 14.7 Å². The molecule has 29 heavy (non-hydrogen) atoms. The predicted molar refractivity (Wildman–Crippen MR) is 110 cm³/mol. The van der Waals surface area contributed by atoms with Gasteiger partial charge in [0.2, 0.25) is 0 Å². The number of aromatic nitrogens is 2. The van der Waals surface area contributed by atoms with Crippen molar-refractivity contribution in [1.82, 2.24) is 20.8 Å². The number of aryl methyl sites for hydroxylation is 1. The van der Waals surface area contributed by atoms with Crippen LogP contribution in [0.2, 0.25) is 0 Å². The van der Waals surface area contributed by atoms with E-state index in [4.69, 9.17) is 4.74 Å². The van der Waals surface area contributed by atoms with E-state index in [1.54, 1.807) is 0 Å². The summed E-state index contributed by atoms with van der Waals surface area (Å²) >= 11 is 0. The Labute approximate surface area is 168 Å². The first-order valence-electron chi connectivity index (χ1n) is 9.82. The SMILES string of the molecule is Cc1ccc2[nH]nc(C(=O)NCCc3ccc(OCC(=O)NC4CC4)cc3)c2c1. The van der Waals surface area contributed by atoms with Gasteiger partial charge in [0.05, 0.1) is 5.52 Å². The molecular weight excluding hydrogens is 368 g/mol. The lowest BCUT2D eigenvalue weighted by atomic mass is 10.1. The van der Waals surface area contributed by atoms with Gasteiger partial charge in [0, 0.05) is 18.0 Å². The van der Waals surface area contributed by atoms with Crippen molar-refractivity contribution in [3.05, 3.63) is 59.3 Å². The molecule has 1 saturated carbocycles. The number of hydrogen-bond acceptors (Lipinski definition) is 4. The minimum absolute atomic E-state index is 0.0308. The van der Waals surface area contributed by atoms with Crippen LogP contribution in [0, 0.1) is 6.92 Å². The second kappa shape index (κ2) is 8.34. The summed E-state index contributed by atoms with van der Waals surface area (Å²) in [7, 11) is 0. The number of fused-ring (bicyclic) bond motifs is 1. The fourth-order valence-corrected chi connectivity index (χ4v) is 3.10. The van der Waals surface area contributed by atoms with Gasteiger partial charge >= 0.3 is 0 Å². The summed E-state index contributed by atoms with van der Waals surface area (Å²) in [5.41, 5.74) is 3.42. The van der Waals surface area contributed by atoms with Crippen molar-refractivity contribution in [3.63, 3.8) is 0 Å². The molecule has 1 aliphatic carbocycles. The van der Waals surface area contributed by atoms with Crippen molar-refractivity contribution in [2.24, 2.45) is 0 Å². The highest BCUT2D eigenvalue weighted by molar-refractivity contribution is 6.04. The standard InChI is InChI=1S/C22H24N4O3/c1-14-2-9-19-18(12-14)21(26-25-19)22(28)23-11-10-15-3-7-17(8-4-15)29-13-20(27)24-16-5-6-16/h2-4,7-9,12,16H,5-6,10-11,13H2,1H3,(H,23,28)(H,24,27)(H,25,26). The lowest BCUT2D eigenvalue weighted by Crippen LogP contribution is -2.30. The Balaban J connectivity index is 1.25. The van der Waals surface area contributed by atoms with Crippen LogP contribution < -0.4 is 15.4 Å². The van der Waals surface area contributed by atoms with Gasteiger partial charge in [-0.15, -0.1) is 0 Å². The summed E-state index contributed by atoms with van der Waals surface area (Å²) in [6.07, 6.45) is 2.82.